The van der Waals surface area contributed by atoms with E-state index in [1.165, 1.54) is 11.8 Å². The molecule has 1 aliphatic heterocycles. The summed E-state index contributed by atoms with van der Waals surface area (Å²) in [5, 5.41) is 5.75. The van der Waals surface area contributed by atoms with E-state index in [1.54, 1.807) is 23.8 Å². The summed E-state index contributed by atoms with van der Waals surface area (Å²) in [4.78, 5) is 15.6. The van der Waals surface area contributed by atoms with Crippen molar-refractivity contribution in [2.24, 2.45) is 0 Å². The van der Waals surface area contributed by atoms with E-state index < -0.39 is 0 Å². The molecule has 1 amide bonds. The first kappa shape index (κ1) is 25.0. The average molecular weight is 554 g/mol. The molecule has 9 heteroatoms. The van der Waals surface area contributed by atoms with E-state index >= 15 is 0 Å². The van der Waals surface area contributed by atoms with Crippen LogP contribution in [0, 0.1) is 0 Å². The first-order valence-corrected chi connectivity index (χ1v) is 13.4. The smallest absolute Gasteiger partial charge is 0.266 e. The second-order valence-electron chi connectivity index (χ2n) is 8.82. The maximum atomic E-state index is 13.5. The SMILES string of the molecule is COc1ccc(CN2C(=O)C(=Cc3cn(-c4ccccc4)nc3-c3cc4cccc(OC)c4o3)SC2=S)cc1. The summed E-state index contributed by atoms with van der Waals surface area (Å²) in [6.07, 6.45) is 3.73. The molecule has 0 N–H and O–H groups in total. The molecule has 0 atom stereocenters. The number of thiocarbonyl (C=S) groups is 1. The Morgan fingerprint density at radius 1 is 1.00 bits per heavy atom. The van der Waals surface area contributed by atoms with Crippen molar-refractivity contribution in [3.05, 3.63) is 101 Å². The number of hydrogen-bond donors (Lipinski definition) is 0. The lowest BCUT2D eigenvalue weighted by Gasteiger charge is -2.14. The van der Waals surface area contributed by atoms with Gasteiger partial charge in [0, 0.05) is 17.1 Å². The summed E-state index contributed by atoms with van der Waals surface area (Å²) in [7, 11) is 3.23. The normalized spacial score (nSPS) is 14.5. The number of hydrogen-bond acceptors (Lipinski definition) is 7. The maximum absolute atomic E-state index is 13.5. The van der Waals surface area contributed by atoms with Crippen molar-refractivity contribution < 1.29 is 18.7 Å². The van der Waals surface area contributed by atoms with Crippen LogP contribution in [0.15, 0.2) is 94.4 Å². The van der Waals surface area contributed by atoms with E-state index in [9.17, 15) is 4.79 Å². The van der Waals surface area contributed by atoms with Gasteiger partial charge in [0.1, 0.15) is 15.8 Å². The van der Waals surface area contributed by atoms with E-state index in [1.807, 2.05) is 91.1 Å². The predicted octanol–water partition coefficient (Wildman–Crippen LogP) is 6.70. The van der Waals surface area contributed by atoms with Crippen LogP contribution >= 0.6 is 24.0 Å². The Morgan fingerprint density at radius 2 is 1.79 bits per heavy atom. The van der Waals surface area contributed by atoms with Gasteiger partial charge >= 0.3 is 0 Å². The largest absolute Gasteiger partial charge is 0.497 e. The van der Waals surface area contributed by atoms with Crippen molar-refractivity contribution in [3.63, 3.8) is 0 Å². The number of carbonyl (C=O) groups is 1. The van der Waals surface area contributed by atoms with Gasteiger partial charge in [0.05, 0.1) is 31.4 Å². The van der Waals surface area contributed by atoms with Crippen LogP contribution in [-0.2, 0) is 11.3 Å². The van der Waals surface area contributed by atoms with Crippen LogP contribution in [0.5, 0.6) is 11.5 Å². The van der Waals surface area contributed by atoms with Crippen LogP contribution in [0.3, 0.4) is 0 Å². The highest BCUT2D eigenvalue weighted by Gasteiger charge is 2.32. The van der Waals surface area contributed by atoms with Crippen LogP contribution in [0.1, 0.15) is 11.1 Å². The second-order valence-corrected chi connectivity index (χ2v) is 10.5. The van der Waals surface area contributed by atoms with Crippen molar-refractivity contribution in [3.8, 4) is 28.6 Å². The summed E-state index contributed by atoms with van der Waals surface area (Å²) in [6.45, 7) is 0.380. The fourth-order valence-corrected chi connectivity index (χ4v) is 5.65. The van der Waals surface area contributed by atoms with Crippen LogP contribution < -0.4 is 9.47 Å². The molecule has 1 aliphatic rings. The number of benzene rings is 3. The number of furan rings is 1. The molecule has 0 bridgehead atoms. The standard InChI is InChI=1S/C30H23N3O4S2/c1-35-23-13-11-19(12-14-23)17-32-29(34)26(39-30(32)38)16-21-18-33(22-8-4-3-5-9-22)31-27(21)25-15-20-7-6-10-24(36-2)28(20)37-25/h3-16,18H,17H2,1-2H3. The third kappa shape index (κ3) is 4.82. The number of fused-ring (bicyclic) bond motifs is 1. The van der Waals surface area contributed by atoms with Crippen LogP contribution in [0.25, 0.3) is 34.2 Å². The van der Waals surface area contributed by atoms with Crippen LogP contribution in [0.2, 0.25) is 0 Å². The molecule has 3 aromatic carbocycles. The third-order valence-corrected chi connectivity index (χ3v) is 7.76. The van der Waals surface area contributed by atoms with Crippen molar-refractivity contribution >= 4 is 51.3 Å². The lowest BCUT2D eigenvalue weighted by molar-refractivity contribution is -0.122. The van der Waals surface area contributed by atoms with E-state index in [4.69, 9.17) is 31.2 Å². The lowest BCUT2D eigenvalue weighted by Crippen LogP contribution is -2.27. The molecule has 0 unspecified atom stereocenters. The van der Waals surface area contributed by atoms with Crippen LogP contribution in [0.4, 0.5) is 0 Å². The van der Waals surface area contributed by atoms with Gasteiger partial charge in [-0.05, 0) is 48.0 Å². The zero-order valence-electron chi connectivity index (χ0n) is 21.2. The number of thioether (sulfide) groups is 1. The minimum absolute atomic E-state index is 0.148. The molecule has 3 heterocycles. The molecule has 7 nitrogen and oxygen atoms in total. The topological polar surface area (TPSA) is 69.7 Å². The third-order valence-electron chi connectivity index (χ3n) is 6.38. The van der Waals surface area contributed by atoms with Gasteiger partial charge in [0.25, 0.3) is 5.91 Å². The Bertz CT molecular complexity index is 1720. The van der Waals surface area contributed by atoms with Gasteiger partial charge in [-0.1, -0.05) is 66.4 Å². The van der Waals surface area contributed by atoms with E-state index in [0.717, 1.165) is 28.0 Å². The van der Waals surface area contributed by atoms with Crippen molar-refractivity contribution in [1.29, 1.82) is 0 Å². The van der Waals surface area contributed by atoms with Crippen molar-refractivity contribution in [2.45, 2.75) is 6.54 Å². The molecule has 5 aromatic rings. The summed E-state index contributed by atoms with van der Waals surface area (Å²) in [5.41, 5.74) is 3.83. The van der Waals surface area contributed by atoms with Gasteiger partial charge in [0.15, 0.2) is 17.1 Å². The number of methoxy groups -OCH3 is 2. The minimum Gasteiger partial charge on any atom is -0.497 e. The summed E-state index contributed by atoms with van der Waals surface area (Å²) >= 11 is 6.87. The first-order chi connectivity index (χ1) is 19.0. The van der Waals surface area contributed by atoms with Crippen molar-refractivity contribution in [1.82, 2.24) is 14.7 Å². The molecule has 39 heavy (non-hydrogen) atoms. The average Bonchev–Trinajstić information content (AvgIpc) is 3.66. The molecule has 1 fully saturated rings. The van der Waals surface area contributed by atoms with Crippen molar-refractivity contribution in [2.75, 3.05) is 14.2 Å². The fraction of sp³-hybridized carbons (Fsp3) is 0.100. The fourth-order valence-electron chi connectivity index (χ4n) is 4.40. The van der Waals surface area contributed by atoms with E-state index in [2.05, 4.69) is 0 Å². The highest BCUT2D eigenvalue weighted by molar-refractivity contribution is 8.26. The molecule has 2 aromatic heterocycles. The van der Waals surface area contributed by atoms with E-state index in [0.29, 0.717) is 38.6 Å². The second kappa shape index (κ2) is 10.4. The Labute approximate surface area is 234 Å². The number of rotatable bonds is 7. The molecule has 0 saturated carbocycles. The number of ether oxygens (including phenoxy) is 2. The van der Waals surface area contributed by atoms with Gasteiger partial charge in [-0.2, -0.15) is 5.10 Å². The summed E-state index contributed by atoms with van der Waals surface area (Å²) in [5.74, 6) is 1.83. The van der Waals surface area contributed by atoms with Gasteiger partial charge in [-0.3, -0.25) is 9.69 Å². The summed E-state index contributed by atoms with van der Waals surface area (Å²) in [6, 6.07) is 25.1. The number of nitrogens with zero attached hydrogens (tertiary/aromatic N) is 3. The summed E-state index contributed by atoms with van der Waals surface area (Å²) < 4.78 is 19.2. The Kier molecular flexibility index (Phi) is 6.68. The quantitative estimate of drug-likeness (QED) is 0.164. The molecule has 0 aliphatic carbocycles. The maximum Gasteiger partial charge on any atom is 0.266 e. The molecule has 0 spiro atoms. The molecule has 1 saturated heterocycles. The van der Waals surface area contributed by atoms with Gasteiger partial charge in [-0.15, -0.1) is 0 Å². The zero-order valence-corrected chi connectivity index (χ0v) is 22.8. The molecular formula is C30H23N3O4S2. The lowest BCUT2D eigenvalue weighted by atomic mass is 10.1. The first-order valence-electron chi connectivity index (χ1n) is 12.1. The number of amides is 1. The number of para-hydroxylation sites is 2. The zero-order chi connectivity index (χ0) is 26.9. The Balaban J connectivity index is 1.39. The highest BCUT2D eigenvalue weighted by atomic mass is 32.2. The molecule has 0 radical (unpaired) electrons. The number of aromatic nitrogens is 2. The molecule has 6 rings (SSSR count). The molecular weight excluding hydrogens is 530 g/mol. The highest BCUT2D eigenvalue weighted by Crippen LogP contribution is 2.38. The van der Waals surface area contributed by atoms with Gasteiger partial charge < -0.3 is 13.9 Å². The van der Waals surface area contributed by atoms with Crippen LogP contribution in [-0.4, -0.2) is 39.1 Å². The predicted molar refractivity (Wildman–Crippen MR) is 157 cm³/mol. The van der Waals surface area contributed by atoms with Gasteiger partial charge in [0.2, 0.25) is 0 Å². The Hall–Kier alpha value is -4.34. The monoisotopic (exact) mass is 553 g/mol. The Morgan fingerprint density at radius 3 is 2.54 bits per heavy atom. The van der Waals surface area contributed by atoms with E-state index in [-0.39, 0.29) is 5.91 Å². The number of carbonyl (C=O) groups excluding carboxylic acids is 1. The minimum atomic E-state index is -0.148. The van der Waals surface area contributed by atoms with Gasteiger partial charge in [-0.25, -0.2) is 4.68 Å². The molecule has 194 valence electrons.